The van der Waals surface area contributed by atoms with E-state index in [9.17, 15) is 9.59 Å². The van der Waals surface area contributed by atoms with Gasteiger partial charge < -0.3 is 10.3 Å². The van der Waals surface area contributed by atoms with Crippen molar-refractivity contribution in [1.29, 1.82) is 0 Å². The minimum absolute atomic E-state index is 0.190. The number of aromatic amines is 1. The summed E-state index contributed by atoms with van der Waals surface area (Å²) in [6, 6.07) is 2.92. The van der Waals surface area contributed by atoms with E-state index in [2.05, 4.69) is 10.3 Å². The van der Waals surface area contributed by atoms with Gasteiger partial charge in [0.2, 0.25) is 5.56 Å². The zero-order chi connectivity index (χ0) is 13.7. The molecule has 2 atom stereocenters. The number of rotatable bonds is 4. The number of pyridine rings is 1. The molecule has 1 aliphatic rings. The molecule has 0 bridgehead atoms. The quantitative estimate of drug-likeness (QED) is 0.831. The third-order valence-electron chi connectivity index (χ3n) is 3.83. The van der Waals surface area contributed by atoms with Gasteiger partial charge in [0.15, 0.2) is 0 Å². The standard InChI is InChI=1S/C14H19ClN2O2/c15-8-11-3-1-2-4-12(11)9-17-14(19)10-5-6-16-13(18)7-10/h5-7,11-12H,1-4,8-9H2,(H,16,18)(H,17,19). The van der Waals surface area contributed by atoms with Crippen molar-refractivity contribution in [3.05, 3.63) is 34.2 Å². The van der Waals surface area contributed by atoms with E-state index in [0.717, 1.165) is 12.8 Å². The maximum Gasteiger partial charge on any atom is 0.251 e. The Morgan fingerprint density at radius 3 is 2.79 bits per heavy atom. The minimum Gasteiger partial charge on any atom is -0.352 e. The zero-order valence-electron chi connectivity index (χ0n) is 10.8. The average Bonchev–Trinajstić information content (AvgIpc) is 2.45. The Morgan fingerprint density at radius 2 is 2.11 bits per heavy atom. The molecule has 2 unspecified atom stereocenters. The van der Waals surface area contributed by atoms with Gasteiger partial charge in [-0.15, -0.1) is 11.6 Å². The van der Waals surface area contributed by atoms with Crippen molar-refractivity contribution in [3.63, 3.8) is 0 Å². The smallest absolute Gasteiger partial charge is 0.251 e. The molecule has 0 spiro atoms. The highest BCUT2D eigenvalue weighted by Crippen LogP contribution is 2.30. The minimum atomic E-state index is -0.260. The van der Waals surface area contributed by atoms with Crippen molar-refractivity contribution < 1.29 is 4.79 Å². The van der Waals surface area contributed by atoms with E-state index < -0.39 is 0 Å². The summed E-state index contributed by atoms with van der Waals surface area (Å²) in [6.45, 7) is 0.642. The van der Waals surface area contributed by atoms with Gasteiger partial charge in [-0.2, -0.15) is 0 Å². The fourth-order valence-electron chi connectivity index (χ4n) is 2.67. The molecule has 0 saturated heterocycles. The van der Waals surface area contributed by atoms with Crippen molar-refractivity contribution in [2.24, 2.45) is 11.8 Å². The maximum absolute atomic E-state index is 11.9. The third kappa shape index (κ3) is 3.83. The molecule has 1 aromatic rings. The van der Waals surface area contributed by atoms with Gasteiger partial charge in [-0.25, -0.2) is 0 Å². The maximum atomic E-state index is 11.9. The van der Waals surface area contributed by atoms with Crippen LogP contribution in [0.1, 0.15) is 36.0 Å². The molecule has 4 nitrogen and oxygen atoms in total. The van der Waals surface area contributed by atoms with Crippen LogP contribution in [0.3, 0.4) is 0 Å². The SMILES string of the molecule is O=C(NCC1CCCCC1CCl)c1cc[nH]c(=O)c1. The van der Waals surface area contributed by atoms with Crippen molar-refractivity contribution in [2.45, 2.75) is 25.7 Å². The molecule has 1 saturated carbocycles. The summed E-state index contributed by atoms with van der Waals surface area (Å²) in [5.41, 5.74) is 0.144. The highest BCUT2D eigenvalue weighted by Gasteiger charge is 2.24. The lowest BCUT2D eigenvalue weighted by Crippen LogP contribution is -2.35. The number of nitrogens with one attached hydrogen (secondary N) is 2. The molecule has 0 radical (unpaired) electrons. The topological polar surface area (TPSA) is 62.0 Å². The van der Waals surface area contributed by atoms with Crippen molar-refractivity contribution in [3.8, 4) is 0 Å². The predicted molar refractivity (Wildman–Crippen MR) is 75.6 cm³/mol. The van der Waals surface area contributed by atoms with Crippen LogP contribution >= 0.6 is 11.6 Å². The van der Waals surface area contributed by atoms with Gasteiger partial charge in [-0.1, -0.05) is 12.8 Å². The van der Waals surface area contributed by atoms with Crippen LogP contribution in [0.4, 0.5) is 0 Å². The molecule has 104 valence electrons. The van der Waals surface area contributed by atoms with E-state index in [4.69, 9.17) is 11.6 Å². The number of amides is 1. The van der Waals surface area contributed by atoms with Crippen LogP contribution in [-0.2, 0) is 0 Å². The van der Waals surface area contributed by atoms with Gasteiger partial charge >= 0.3 is 0 Å². The van der Waals surface area contributed by atoms with Crippen LogP contribution < -0.4 is 10.9 Å². The van der Waals surface area contributed by atoms with E-state index >= 15 is 0 Å². The van der Waals surface area contributed by atoms with Crippen LogP contribution in [0.15, 0.2) is 23.1 Å². The Bertz CT molecular complexity index is 486. The molecule has 1 amide bonds. The lowest BCUT2D eigenvalue weighted by Gasteiger charge is -2.30. The Balaban J connectivity index is 1.91. The molecule has 1 aromatic heterocycles. The first-order chi connectivity index (χ1) is 9.20. The molecule has 1 heterocycles. The fraction of sp³-hybridized carbons (Fsp3) is 0.571. The number of H-pyrrole nitrogens is 1. The van der Waals surface area contributed by atoms with Crippen LogP contribution in [0.2, 0.25) is 0 Å². The molecular formula is C14H19ClN2O2. The molecular weight excluding hydrogens is 264 g/mol. The Hall–Kier alpha value is -1.29. The number of carbonyl (C=O) groups excluding carboxylic acids is 1. The first kappa shape index (κ1) is 14.1. The number of hydrogen-bond donors (Lipinski definition) is 2. The summed E-state index contributed by atoms with van der Waals surface area (Å²) < 4.78 is 0. The Morgan fingerprint density at radius 1 is 1.37 bits per heavy atom. The van der Waals surface area contributed by atoms with Gasteiger partial charge in [0.05, 0.1) is 0 Å². The second-order valence-corrected chi connectivity index (χ2v) is 5.42. The largest absolute Gasteiger partial charge is 0.352 e. The normalized spacial score (nSPS) is 23.0. The Labute approximate surface area is 117 Å². The number of carbonyl (C=O) groups is 1. The lowest BCUT2D eigenvalue weighted by atomic mass is 9.80. The number of halogens is 1. The van der Waals surface area contributed by atoms with Crippen molar-refractivity contribution in [1.82, 2.24) is 10.3 Å². The van der Waals surface area contributed by atoms with Gasteiger partial charge in [-0.3, -0.25) is 9.59 Å². The molecule has 0 aromatic carbocycles. The number of aromatic nitrogens is 1. The first-order valence-electron chi connectivity index (χ1n) is 6.73. The number of alkyl halides is 1. The summed E-state index contributed by atoms with van der Waals surface area (Å²) in [5.74, 6) is 1.42. The highest BCUT2D eigenvalue weighted by atomic mass is 35.5. The van der Waals surface area contributed by atoms with Crippen molar-refractivity contribution >= 4 is 17.5 Å². The second kappa shape index (κ2) is 6.75. The monoisotopic (exact) mass is 282 g/mol. The third-order valence-corrected chi connectivity index (χ3v) is 4.22. The van der Waals surface area contributed by atoms with Crippen LogP contribution in [0, 0.1) is 11.8 Å². The predicted octanol–water partition coefficient (Wildman–Crippen LogP) is 2.15. The summed E-state index contributed by atoms with van der Waals surface area (Å²) in [5, 5.41) is 2.91. The van der Waals surface area contributed by atoms with Crippen LogP contribution in [0.25, 0.3) is 0 Å². The second-order valence-electron chi connectivity index (χ2n) is 5.11. The number of hydrogen-bond acceptors (Lipinski definition) is 2. The lowest BCUT2D eigenvalue weighted by molar-refractivity contribution is 0.0936. The summed E-state index contributed by atoms with van der Waals surface area (Å²) in [4.78, 5) is 25.6. The highest BCUT2D eigenvalue weighted by molar-refractivity contribution is 6.18. The first-order valence-corrected chi connectivity index (χ1v) is 7.27. The molecule has 0 aliphatic heterocycles. The van der Waals surface area contributed by atoms with Crippen molar-refractivity contribution in [2.75, 3.05) is 12.4 Å². The molecule has 2 N–H and O–H groups in total. The molecule has 19 heavy (non-hydrogen) atoms. The molecule has 5 heteroatoms. The fourth-order valence-corrected chi connectivity index (χ4v) is 3.07. The van der Waals surface area contributed by atoms with Gasteiger partial charge in [-0.05, 0) is 30.7 Å². The van der Waals surface area contributed by atoms with Crippen LogP contribution in [0.5, 0.6) is 0 Å². The molecule has 1 fully saturated rings. The Kier molecular flexibility index (Phi) is 5.02. The van der Waals surface area contributed by atoms with E-state index in [1.807, 2.05) is 0 Å². The molecule has 2 rings (SSSR count). The molecule has 1 aliphatic carbocycles. The summed E-state index contributed by atoms with van der Waals surface area (Å²) >= 11 is 5.97. The van der Waals surface area contributed by atoms with E-state index in [1.165, 1.54) is 25.1 Å². The van der Waals surface area contributed by atoms with Gasteiger partial charge in [0.1, 0.15) is 0 Å². The van der Waals surface area contributed by atoms with E-state index in [-0.39, 0.29) is 11.5 Å². The summed E-state index contributed by atoms with van der Waals surface area (Å²) in [6.07, 6.45) is 6.19. The zero-order valence-corrected chi connectivity index (χ0v) is 11.6. The average molecular weight is 283 g/mol. The van der Waals surface area contributed by atoms with Crippen LogP contribution in [-0.4, -0.2) is 23.3 Å². The summed E-state index contributed by atoms with van der Waals surface area (Å²) in [7, 11) is 0. The van der Waals surface area contributed by atoms with Gasteiger partial charge in [0, 0.05) is 30.3 Å². The van der Waals surface area contributed by atoms with Gasteiger partial charge in [0.25, 0.3) is 5.91 Å². The van der Waals surface area contributed by atoms with E-state index in [0.29, 0.717) is 29.8 Å². The van der Waals surface area contributed by atoms with E-state index in [1.54, 1.807) is 6.07 Å².